The van der Waals surface area contributed by atoms with Gasteiger partial charge in [-0.15, -0.1) is 0 Å². The first-order valence-electron chi connectivity index (χ1n) is 8.09. The van der Waals surface area contributed by atoms with Gasteiger partial charge in [0.25, 0.3) is 0 Å². The number of amides is 1. The van der Waals surface area contributed by atoms with E-state index in [1.54, 1.807) is 24.0 Å². The molecule has 1 amide bonds. The van der Waals surface area contributed by atoms with Crippen molar-refractivity contribution in [1.29, 1.82) is 0 Å². The Morgan fingerprint density at radius 2 is 1.92 bits per heavy atom. The quantitative estimate of drug-likeness (QED) is 0.620. The summed E-state index contributed by atoms with van der Waals surface area (Å²) in [4.78, 5) is 15.5. The van der Waals surface area contributed by atoms with Gasteiger partial charge in [-0.3, -0.25) is 4.79 Å². The lowest BCUT2D eigenvalue weighted by Crippen LogP contribution is -2.48. The smallest absolute Gasteiger partial charge is 0.219 e. The molecule has 0 spiro atoms. The Morgan fingerprint density at radius 3 is 2.44 bits per heavy atom. The van der Waals surface area contributed by atoms with Gasteiger partial charge in [0, 0.05) is 45.9 Å². The van der Waals surface area contributed by atoms with E-state index in [0.29, 0.717) is 31.9 Å². The van der Waals surface area contributed by atoms with Gasteiger partial charge in [-0.1, -0.05) is 0 Å². The first-order chi connectivity index (χ1) is 11.7. The lowest BCUT2D eigenvalue weighted by molar-refractivity contribution is -0.129. The normalized spacial score (nSPS) is 16.6. The van der Waals surface area contributed by atoms with E-state index in [0.717, 1.165) is 11.9 Å². The topological polar surface area (TPSA) is 110 Å². The fourth-order valence-corrected chi connectivity index (χ4v) is 3.36. The molecule has 0 aliphatic carbocycles. The molecule has 1 aliphatic heterocycles. The zero-order valence-corrected chi connectivity index (χ0v) is 15.3. The van der Waals surface area contributed by atoms with Crippen LogP contribution in [0.25, 0.3) is 0 Å². The minimum atomic E-state index is -3.36. The fourth-order valence-electron chi connectivity index (χ4n) is 2.72. The zero-order valence-electron chi connectivity index (χ0n) is 14.5. The van der Waals surface area contributed by atoms with Crippen molar-refractivity contribution in [3.05, 3.63) is 18.2 Å². The third-order valence-electron chi connectivity index (χ3n) is 4.20. The molecule has 1 saturated heterocycles. The van der Waals surface area contributed by atoms with Crippen LogP contribution < -0.4 is 10.2 Å². The van der Waals surface area contributed by atoms with Crippen LogP contribution in [0, 0.1) is 0 Å². The van der Waals surface area contributed by atoms with Gasteiger partial charge in [0.2, 0.25) is 5.91 Å². The summed E-state index contributed by atoms with van der Waals surface area (Å²) in [5.74, 6) is 0.0384. The Balaban J connectivity index is 2.25. The highest BCUT2D eigenvalue weighted by molar-refractivity contribution is 7.90. The molecule has 1 aliphatic rings. The SMILES string of the molecule is CC(=O)N1CCN(c2ccc(S(C)(=O)=O)cc2NCC(O)CO)CC1. The summed E-state index contributed by atoms with van der Waals surface area (Å²) < 4.78 is 23.6. The molecule has 1 atom stereocenters. The highest BCUT2D eigenvalue weighted by Crippen LogP contribution is 2.30. The van der Waals surface area contributed by atoms with Crippen LogP contribution in [0.15, 0.2) is 23.1 Å². The van der Waals surface area contributed by atoms with Gasteiger partial charge >= 0.3 is 0 Å². The number of piperazine rings is 1. The predicted molar refractivity (Wildman–Crippen MR) is 95.6 cm³/mol. The van der Waals surface area contributed by atoms with Crippen molar-refractivity contribution in [2.75, 3.05) is 55.8 Å². The molecule has 1 unspecified atom stereocenters. The standard InChI is InChI=1S/C16H25N3O5S/c1-12(21)18-5-7-19(8-6-18)16-4-3-14(25(2,23)24)9-15(16)17-10-13(22)11-20/h3-4,9,13,17,20,22H,5-8,10-11H2,1-2H3. The van der Waals surface area contributed by atoms with E-state index in [4.69, 9.17) is 5.11 Å². The molecular formula is C16H25N3O5S. The van der Waals surface area contributed by atoms with Crippen molar-refractivity contribution in [1.82, 2.24) is 4.90 Å². The Kier molecular flexibility index (Phi) is 6.26. The number of anilines is 2. The first kappa shape index (κ1) is 19.5. The van der Waals surface area contributed by atoms with Crippen LogP contribution in [-0.4, -0.2) is 81.1 Å². The summed E-state index contributed by atoms with van der Waals surface area (Å²) in [6.07, 6.45) is 0.198. The van der Waals surface area contributed by atoms with Crippen molar-refractivity contribution < 1.29 is 23.4 Å². The molecular weight excluding hydrogens is 346 g/mol. The largest absolute Gasteiger partial charge is 0.394 e. The maximum atomic E-state index is 11.8. The molecule has 25 heavy (non-hydrogen) atoms. The number of carbonyl (C=O) groups is 1. The van der Waals surface area contributed by atoms with Crippen molar-refractivity contribution in [3.63, 3.8) is 0 Å². The fraction of sp³-hybridized carbons (Fsp3) is 0.562. The maximum absolute atomic E-state index is 11.8. The van der Waals surface area contributed by atoms with Crippen LogP contribution in [0.1, 0.15) is 6.92 Å². The van der Waals surface area contributed by atoms with Crippen molar-refractivity contribution >= 4 is 27.1 Å². The van der Waals surface area contributed by atoms with Crippen LogP contribution in [0.5, 0.6) is 0 Å². The van der Waals surface area contributed by atoms with Crippen LogP contribution >= 0.6 is 0 Å². The Labute approximate surface area is 148 Å². The maximum Gasteiger partial charge on any atom is 0.219 e. The van der Waals surface area contributed by atoms with E-state index in [2.05, 4.69) is 10.2 Å². The zero-order chi connectivity index (χ0) is 18.6. The number of nitrogens with one attached hydrogen (secondary N) is 1. The average molecular weight is 371 g/mol. The van der Waals surface area contributed by atoms with E-state index in [1.807, 2.05) is 0 Å². The van der Waals surface area contributed by atoms with Crippen LogP contribution in [0.3, 0.4) is 0 Å². The monoisotopic (exact) mass is 371 g/mol. The molecule has 1 aromatic carbocycles. The van der Waals surface area contributed by atoms with Gasteiger partial charge in [0.05, 0.1) is 29.0 Å². The molecule has 1 aromatic rings. The summed E-state index contributed by atoms with van der Waals surface area (Å²) in [6, 6.07) is 4.81. The molecule has 0 saturated carbocycles. The van der Waals surface area contributed by atoms with Crippen molar-refractivity contribution in [2.24, 2.45) is 0 Å². The number of rotatable bonds is 6. The van der Waals surface area contributed by atoms with Crippen molar-refractivity contribution in [3.8, 4) is 0 Å². The highest BCUT2D eigenvalue weighted by Gasteiger charge is 2.22. The second kappa shape index (κ2) is 8.03. The summed E-state index contributed by atoms with van der Waals surface area (Å²) in [7, 11) is -3.36. The summed E-state index contributed by atoms with van der Waals surface area (Å²) >= 11 is 0. The number of nitrogens with zero attached hydrogens (tertiary/aromatic N) is 2. The molecule has 0 bridgehead atoms. The summed E-state index contributed by atoms with van der Waals surface area (Å²) in [6.45, 7) is 3.73. The number of hydrogen-bond donors (Lipinski definition) is 3. The minimum absolute atomic E-state index is 0.0384. The number of benzene rings is 1. The lowest BCUT2D eigenvalue weighted by Gasteiger charge is -2.36. The Hall–Kier alpha value is -1.84. The van der Waals surface area contributed by atoms with Gasteiger partial charge < -0.3 is 25.3 Å². The molecule has 0 radical (unpaired) electrons. The number of sulfone groups is 1. The molecule has 140 valence electrons. The van der Waals surface area contributed by atoms with E-state index in [1.165, 1.54) is 6.07 Å². The second-order valence-corrected chi connectivity index (χ2v) is 8.18. The Morgan fingerprint density at radius 1 is 1.28 bits per heavy atom. The van der Waals surface area contributed by atoms with Crippen molar-refractivity contribution in [2.45, 2.75) is 17.9 Å². The van der Waals surface area contributed by atoms with Gasteiger partial charge in [-0.2, -0.15) is 0 Å². The minimum Gasteiger partial charge on any atom is -0.394 e. The van der Waals surface area contributed by atoms with Gasteiger partial charge in [0.1, 0.15) is 0 Å². The molecule has 3 N–H and O–H groups in total. The van der Waals surface area contributed by atoms with E-state index in [-0.39, 0.29) is 24.0 Å². The van der Waals surface area contributed by atoms with Crippen LogP contribution in [-0.2, 0) is 14.6 Å². The van der Waals surface area contributed by atoms with E-state index >= 15 is 0 Å². The number of aliphatic hydroxyl groups excluding tert-OH is 2. The third-order valence-corrected chi connectivity index (χ3v) is 5.31. The Bertz CT molecular complexity index is 714. The molecule has 0 aromatic heterocycles. The predicted octanol–water partition coefficient (Wildman–Crippen LogP) is -0.476. The van der Waals surface area contributed by atoms with Gasteiger partial charge in [-0.05, 0) is 18.2 Å². The third kappa shape index (κ3) is 5.07. The molecule has 8 nitrogen and oxygen atoms in total. The van der Waals surface area contributed by atoms with Crippen LogP contribution in [0.4, 0.5) is 11.4 Å². The van der Waals surface area contributed by atoms with Gasteiger partial charge in [-0.25, -0.2) is 8.42 Å². The molecule has 1 fully saturated rings. The average Bonchev–Trinajstić information content (AvgIpc) is 2.58. The number of carbonyl (C=O) groups excluding carboxylic acids is 1. The van der Waals surface area contributed by atoms with E-state index < -0.39 is 15.9 Å². The van der Waals surface area contributed by atoms with E-state index in [9.17, 15) is 18.3 Å². The molecule has 9 heteroatoms. The lowest BCUT2D eigenvalue weighted by atomic mass is 10.2. The molecule has 2 rings (SSSR count). The highest BCUT2D eigenvalue weighted by atomic mass is 32.2. The number of hydrogen-bond acceptors (Lipinski definition) is 7. The first-order valence-corrected chi connectivity index (χ1v) is 9.99. The molecule has 1 heterocycles. The summed E-state index contributed by atoms with van der Waals surface area (Å²) in [5, 5.41) is 21.5. The second-order valence-electron chi connectivity index (χ2n) is 6.16. The van der Waals surface area contributed by atoms with Gasteiger partial charge in [0.15, 0.2) is 9.84 Å². The van der Waals surface area contributed by atoms with Crippen LogP contribution in [0.2, 0.25) is 0 Å². The summed E-state index contributed by atoms with van der Waals surface area (Å²) in [5.41, 5.74) is 1.38. The number of aliphatic hydroxyl groups is 2.